The zero-order valence-electron chi connectivity index (χ0n) is 17.1. The number of hydrogen-bond acceptors (Lipinski definition) is 12. The molecular formula is C17H22N4O12. The minimum Gasteiger partial charge on any atom is -0.479 e. The lowest BCUT2D eigenvalue weighted by atomic mass is 10.2. The maximum atomic E-state index is 11.8. The Hall–Kier alpha value is -3.60. The van der Waals surface area contributed by atoms with Gasteiger partial charge in [-0.05, 0) is 6.07 Å². The van der Waals surface area contributed by atoms with Crippen LogP contribution in [-0.4, -0.2) is 117 Å². The first kappa shape index (κ1) is 25.7. The van der Waals surface area contributed by atoms with Crippen LogP contribution in [0.15, 0.2) is 21.7 Å². The summed E-state index contributed by atoms with van der Waals surface area (Å²) in [5, 5.41) is 48.2. The van der Waals surface area contributed by atoms with Crippen LogP contribution in [-0.2, 0) is 19.1 Å². The van der Waals surface area contributed by atoms with E-state index in [1.165, 1.54) is 23.4 Å². The third-order valence-corrected chi connectivity index (χ3v) is 4.34. The minimum atomic E-state index is -2.27. The largest absolute Gasteiger partial charge is 0.479 e. The fourth-order valence-corrected chi connectivity index (χ4v) is 2.68. The highest BCUT2D eigenvalue weighted by atomic mass is 16.6. The zero-order valence-corrected chi connectivity index (χ0v) is 17.1. The van der Waals surface area contributed by atoms with Crippen LogP contribution in [0, 0.1) is 10.1 Å². The summed E-state index contributed by atoms with van der Waals surface area (Å²) in [6, 6.07) is 2.64. The summed E-state index contributed by atoms with van der Waals surface area (Å²) in [6.07, 6.45) is -4.08. The number of aliphatic hydroxyl groups is 2. The van der Waals surface area contributed by atoms with Gasteiger partial charge in [-0.1, -0.05) is 0 Å². The quantitative estimate of drug-likeness (QED) is 0.192. The van der Waals surface area contributed by atoms with Gasteiger partial charge in [-0.15, -0.1) is 0 Å². The van der Waals surface area contributed by atoms with Gasteiger partial charge in [-0.25, -0.2) is 14.4 Å². The van der Waals surface area contributed by atoms with Crippen molar-refractivity contribution in [3.63, 3.8) is 0 Å². The first-order valence-electron chi connectivity index (χ1n) is 9.46. The molecule has 16 nitrogen and oxygen atoms in total. The molecule has 33 heavy (non-hydrogen) atoms. The second-order valence-electron chi connectivity index (χ2n) is 6.74. The summed E-state index contributed by atoms with van der Waals surface area (Å²) in [4.78, 5) is 43.4. The van der Waals surface area contributed by atoms with Gasteiger partial charge in [0.1, 0.15) is 11.0 Å². The third kappa shape index (κ3) is 7.79. The van der Waals surface area contributed by atoms with E-state index >= 15 is 0 Å². The van der Waals surface area contributed by atoms with Crippen molar-refractivity contribution >= 4 is 30.1 Å². The standard InChI is InChI=1S/C13H16N4O6.C4H6O6/c18-13-16(14-7-10-1-2-12(22-10)17(19)20)9-11(23-13)8-15-3-5-21-6-4-15;5-1(3(7)8)2(6)4(9)10/h1-2,7,11H,3-6,8-9H2;1-2,5-6H,(H,7,8)(H,9,10)/b14-7+;. The van der Waals surface area contributed by atoms with Crippen molar-refractivity contribution in [1.29, 1.82) is 0 Å². The van der Waals surface area contributed by atoms with E-state index < -0.39 is 35.2 Å². The number of nitrogens with zero attached hydrogens (tertiary/aromatic N) is 4. The maximum absolute atomic E-state index is 11.8. The monoisotopic (exact) mass is 474 g/mol. The Morgan fingerprint density at radius 2 is 1.82 bits per heavy atom. The number of furan rings is 1. The number of carbonyl (C=O) groups is 3. The van der Waals surface area contributed by atoms with Crippen molar-refractivity contribution in [2.24, 2.45) is 5.10 Å². The van der Waals surface area contributed by atoms with Crippen LogP contribution >= 0.6 is 0 Å². The van der Waals surface area contributed by atoms with Crippen LogP contribution in [0.25, 0.3) is 0 Å². The molecule has 3 unspecified atom stereocenters. The number of rotatable bonds is 8. The summed E-state index contributed by atoms with van der Waals surface area (Å²) >= 11 is 0. The summed E-state index contributed by atoms with van der Waals surface area (Å²) in [6.45, 7) is 3.95. The second kappa shape index (κ2) is 11.9. The number of ether oxygens (including phenoxy) is 2. The lowest BCUT2D eigenvalue weighted by Crippen LogP contribution is -2.41. The number of carboxylic acid groups (broad SMARTS) is 2. The first-order chi connectivity index (χ1) is 15.6. The summed E-state index contributed by atoms with van der Waals surface area (Å²) in [5.74, 6) is -3.72. The Morgan fingerprint density at radius 1 is 1.21 bits per heavy atom. The number of carbonyl (C=O) groups excluding carboxylic acids is 1. The molecule has 2 aliphatic heterocycles. The fourth-order valence-electron chi connectivity index (χ4n) is 2.68. The molecule has 16 heteroatoms. The first-order valence-corrected chi connectivity index (χ1v) is 9.46. The van der Waals surface area contributed by atoms with Gasteiger partial charge in [0.15, 0.2) is 18.0 Å². The number of morpholine rings is 1. The predicted octanol–water partition coefficient (Wildman–Crippen LogP) is -1.45. The van der Waals surface area contributed by atoms with Crippen molar-refractivity contribution in [1.82, 2.24) is 9.91 Å². The van der Waals surface area contributed by atoms with Crippen LogP contribution in [0.4, 0.5) is 10.7 Å². The summed E-state index contributed by atoms with van der Waals surface area (Å²) in [5.41, 5.74) is 0. The topological polar surface area (TPSA) is 226 Å². The van der Waals surface area contributed by atoms with Crippen molar-refractivity contribution in [2.45, 2.75) is 18.3 Å². The van der Waals surface area contributed by atoms with E-state index in [1.807, 2.05) is 0 Å². The van der Waals surface area contributed by atoms with Gasteiger partial charge >= 0.3 is 23.9 Å². The maximum Gasteiger partial charge on any atom is 0.433 e. The molecule has 0 aliphatic carbocycles. The molecule has 0 spiro atoms. The van der Waals surface area contributed by atoms with Gasteiger partial charge < -0.3 is 34.3 Å². The number of aliphatic hydroxyl groups excluding tert-OH is 2. The van der Waals surface area contributed by atoms with Crippen LogP contribution in [0.2, 0.25) is 0 Å². The van der Waals surface area contributed by atoms with Crippen LogP contribution in [0.3, 0.4) is 0 Å². The third-order valence-electron chi connectivity index (χ3n) is 4.34. The molecule has 0 bridgehead atoms. The number of aliphatic carboxylic acids is 2. The number of nitro groups is 1. The van der Waals surface area contributed by atoms with E-state index in [9.17, 15) is 24.5 Å². The Balaban J connectivity index is 0.000000328. The molecule has 2 fully saturated rings. The van der Waals surface area contributed by atoms with Gasteiger partial charge in [-0.2, -0.15) is 10.1 Å². The normalized spacial score (nSPS) is 20.6. The number of cyclic esters (lactones) is 1. The molecule has 2 aliphatic rings. The molecule has 4 N–H and O–H groups in total. The number of hydrazone groups is 1. The zero-order chi connectivity index (χ0) is 24.5. The van der Waals surface area contributed by atoms with Gasteiger partial charge in [0.05, 0.1) is 32.0 Å². The minimum absolute atomic E-state index is 0.195. The Kier molecular flexibility index (Phi) is 9.22. The average molecular weight is 474 g/mol. The summed E-state index contributed by atoms with van der Waals surface area (Å²) in [7, 11) is 0. The second-order valence-corrected chi connectivity index (χ2v) is 6.74. The van der Waals surface area contributed by atoms with Crippen molar-refractivity contribution < 1.29 is 53.6 Å². The molecule has 182 valence electrons. The van der Waals surface area contributed by atoms with E-state index in [0.29, 0.717) is 26.3 Å². The fraction of sp³-hybridized carbons (Fsp3) is 0.529. The smallest absolute Gasteiger partial charge is 0.433 e. The molecule has 3 atom stereocenters. The molecular weight excluding hydrogens is 452 g/mol. The van der Waals surface area contributed by atoms with Gasteiger partial charge in [0, 0.05) is 19.6 Å². The molecule has 1 aromatic heterocycles. The highest BCUT2D eigenvalue weighted by molar-refractivity contribution is 5.83. The Morgan fingerprint density at radius 3 is 2.33 bits per heavy atom. The highest BCUT2D eigenvalue weighted by Gasteiger charge is 2.33. The predicted molar refractivity (Wildman–Crippen MR) is 104 cm³/mol. The van der Waals surface area contributed by atoms with Gasteiger partial charge in [-0.3, -0.25) is 15.0 Å². The lowest BCUT2D eigenvalue weighted by Gasteiger charge is -2.27. The van der Waals surface area contributed by atoms with Crippen molar-refractivity contribution in [2.75, 3.05) is 39.4 Å². The number of carboxylic acids is 2. The summed E-state index contributed by atoms with van der Waals surface area (Å²) < 4.78 is 15.5. The average Bonchev–Trinajstić information content (AvgIpc) is 3.38. The van der Waals surface area contributed by atoms with Crippen LogP contribution in [0.1, 0.15) is 5.76 Å². The number of hydrogen-bond donors (Lipinski definition) is 4. The van der Waals surface area contributed by atoms with E-state index in [4.69, 9.17) is 34.3 Å². The SMILES string of the molecule is O=C(O)C(O)C(O)C(=O)O.O=C1OC(CN2CCOCC2)CN1/N=C/c1ccc([N+](=O)[O-])o1. The molecule has 2 saturated heterocycles. The lowest BCUT2D eigenvalue weighted by molar-refractivity contribution is -0.402. The van der Waals surface area contributed by atoms with Crippen LogP contribution in [0.5, 0.6) is 0 Å². The molecule has 3 rings (SSSR count). The Labute approximate surface area is 185 Å². The van der Waals surface area contributed by atoms with Crippen molar-refractivity contribution in [3.05, 3.63) is 28.0 Å². The number of amides is 1. The molecule has 0 saturated carbocycles. The molecule has 0 radical (unpaired) electrons. The van der Waals surface area contributed by atoms with Crippen LogP contribution < -0.4 is 0 Å². The molecule has 3 heterocycles. The van der Waals surface area contributed by atoms with Gasteiger partial charge in [0.2, 0.25) is 0 Å². The van der Waals surface area contributed by atoms with Crippen molar-refractivity contribution in [3.8, 4) is 0 Å². The highest BCUT2D eigenvalue weighted by Crippen LogP contribution is 2.16. The Bertz CT molecular complexity index is 863. The van der Waals surface area contributed by atoms with E-state index in [2.05, 4.69) is 10.0 Å². The molecule has 1 amide bonds. The van der Waals surface area contributed by atoms with E-state index in [-0.39, 0.29) is 17.7 Å². The van der Waals surface area contributed by atoms with Gasteiger partial charge in [0.25, 0.3) is 0 Å². The molecule has 0 aromatic carbocycles. The van der Waals surface area contributed by atoms with E-state index in [1.54, 1.807) is 0 Å². The molecule has 1 aromatic rings. The van der Waals surface area contributed by atoms with E-state index in [0.717, 1.165) is 13.1 Å².